The van der Waals surface area contributed by atoms with E-state index in [-0.39, 0.29) is 11.9 Å². The van der Waals surface area contributed by atoms with Gasteiger partial charge in [-0.2, -0.15) is 13.2 Å². The van der Waals surface area contributed by atoms with Crippen LogP contribution < -0.4 is 15.0 Å². The van der Waals surface area contributed by atoms with Crippen LogP contribution in [0.2, 0.25) is 0 Å². The van der Waals surface area contributed by atoms with Gasteiger partial charge in [-0.1, -0.05) is 12.8 Å². The number of halogens is 3. The van der Waals surface area contributed by atoms with Crippen molar-refractivity contribution in [2.75, 3.05) is 37.0 Å². The number of carbonyl (C=O) groups is 1. The van der Waals surface area contributed by atoms with E-state index in [1.165, 1.54) is 31.7 Å². The van der Waals surface area contributed by atoms with Gasteiger partial charge >= 0.3 is 6.18 Å². The Morgan fingerprint density at radius 3 is 2.47 bits per heavy atom. The number of rotatable bonds is 4. The smallest absolute Gasteiger partial charge is 0.416 e. The number of ether oxygens (including phenoxy) is 1. The molecule has 2 atom stereocenters. The lowest BCUT2D eigenvalue weighted by molar-refractivity contribution is -0.137. The Balaban J connectivity index is 1.44. The fraction of sp³-hybridized carbons (Fsp3) is 0.500. The van der Waals surface area contributed by atoms with Gasteiger partial charge in [0.1, 0.15) is 5.75 Å². The summed E-state index contributed by atoms with van der Waals surface area (Å²) in [6.07, 6.45) is 0.719. The SMILES string of the molecule is COc1ccc(NC(=O)[C@@H]2Cc3cc(C(F)(F)F)ccc3N3CCN(C4CCCC4)C[C@@H]23)cc1. The van der Waals surface area contributed by atoms with Gasteiger partial charge in [0.2, 0.25) is 5.91 Å². The number of anilines is 2. The van der Waals surface area contributed by atoms with Gasteiger partial charge in [0, 0.05) is 37.1 Å². The summed E-state index contributed by atoms with van der Waals surface area (Å²) in [5.41, 5.74) is 1.41. The van der Waals surface area contributed by atoms with Crippen LogP contribution in [-0.4, -0.2) is 49.6 Å². The summed E-state index contributed by atoms with van der Waals surface area (Å²) in [5, 5.41) is 2.99. The Morgan fingerprint density at radius 2 is 1.79 bits per heavy atom. The number of fused-ring (bicyclic) bond motifs is 3. The number of methoxy groups -OCH3 is 1. The first-order valence-electron chi connectivity index (χ1n) is 12.0. The zero-order valence-electron chi connectivity index (χ0n) is 19.3. The molecule has 0 spiro atoms. The summed E-state index contributed by atoms with van der Waals surface area (Å²) in [7, 11) is 1.58. The lowest BCUT2D eigenvalue weighted by atomic mass is 9.82. The molecule has 182 valence electrons. The number of piperazine rings is 1. The van der Waals surface area contributed by atoms with Gasteiger partial charge in [-0.3, -0.25) is 9.69 Å². The molecular weight excluding hydrogens is 443 g/mol. The molecule has 1 amide bonds. The van der Waals surface area contributed by atoms with E-state index in [2.05, 4.69) is 15.1 Å². The monoisotopic (exact) mass is 473 g/mol. The number of benzene rings is 2. The van der Waals surface area contributed by atoms with E-state index in [1.54, 1.807) is 37.4 Å². The second-order valence-electron chi connectivity index (χ2n) is 9.56. The molecule has 3 aliphatic rings. The van der Waals surface area contributed by atoms with E-state index >= 15 is 0 Å². The molecule has 2 heterocycles. The molecule has 1 saturated heterocycles. The molecule has 2 fully saturated rings. The molecule has 1 aliphatic carbocycles. The van der Waals surface area contributed by atoms with Crippen LogP contribution in [0.1, 0.15) is 36.8 Å². The summed E-state index contributed by atoms with van der Waals surface area (Å²) in [6.45, 7) is 2.34. The molecule has 5 rings (SSSR count). The molecule has 1 N–H and O–H groups in total. The maximum Gasteiger partial charge on any atom is 0.416 e. The molecule has 1 saturated carbocycles. The first kappa shape index (κ1) is 23.0. The van der Waals surface area contributed by atoms with Gasteiger partial charge < -0.3 is 15.0 Å². The third-order valence-electron chi connectivity index (χ3n) is 7.61. The van der Waals surface area contributed by atoms with Crippen molar-refractivity contribution >= 4 is 17.3 Å². The highest BCUT2D eigenvalue weighted by Gasteiger charge is 2.44. The van der Waals surface area contributed by atoms with Crippen LogP contribution in [0.25, 0.3) is 0 Å². The van der Waals surface area contributed by atoms with Crippen molar-refractivity contribution in [1.82, 2.24) is 4.90 Å². The fourth-order valence-electron chi connectivity index (χ4n) is 5.83. The summed E-state index contributed by atoms with van der Waals surface area (Å²) in [6, 6.07) is 11.6. The maximum absolute atomic E-state index is 13.5. The van der Waals surface area contributed by atoms with Crippen molar-refractivity contribution in [3.63, 3.8) is 0 Å². The van der Waals surface area contributed by atoms with E-state index in [9.17, 15) is 18.0 Å². The van der Waals surface area contributed by atoms with Gasteiger partial charge in [-0.15, -0.1) is 0 Å². The average molecular weight is 474 g/mol. The second-order valence-corrected chi connectivity index (χ2v) is 9.56. The molecule has 8 heteroatoms. The van der Waals surface area contributed by atoms with Crippen molar-refractivity contribution in [2.45, 2.75) is 50.4 Å². The normalized spacial score (nSPS) is 23.4. The first-order valence-corrected chi connectivity index (χ1v) is 12.0. The zero-order chi connectivity index (χ0) is 23.9. The fourth-order valence-corrected chi connectivity index (χ4v) is 5.83. The van der Waals surface area contributed by atoms with Gasteiger partial charge in [0.05, 0.1) is 24.6 Å². The topological polar surface area (TPSA) is 44.8 Å². The molecule has 2 aromatic carbocycles. The Morgan fingerprint density at radius 1 is 1.06 bits per heavy atom. The van der Waals surface area contributed by atoms with Crippen LogP contribution in [0.15, 0.2) is 42.5 Å². The molecule has 2 aromatic rings. The van der Waals surface area contributed by atoms with E-state index in [4.69, 9.17) is 4.74 Å². The minimum Gasteiger partial charge on any atom is -0.497 e. The summed E-state index contributed by atoms with van der Waals surface area (Å²) < 4.78 is 45.4. The van der Waals surface area contributed by atoms with Crippen molar-refractivity contribution in [3.8, 4) is 5.75 Å². The van der Waals surface area contributed by atoms with Crippen LogP contribution in [0.4, 0.5) is 24.5 Å². The summed E-state index contributed by atoms with van der Waals surface area (Å²) >= 11 is 0. The van der Waals surface area contributed by atoms with Crippen molar-refractivity contribution < 1.29 is 22.7 Å². The minimum atomic E-state index is -4.41. The predicted molar refractivity (Wildman–Crippen MR) is 125 cm³/mol. The van der Waals surface area contributed by atoms with Crippen molar-refractivity contribution in [2.24, 2.45) is 5.92 Å². The second kappa shape index (κ2) is 9.13. The van der Waals surface area contributed by atoms with Crippen LogP contribution in [-0.2, 0) is 17.4 Å². The number of nitrogens with zero attached hydrogens (tertiary/aromatic N) is 2. The molecule has 0 bridgehead atoms. The molecule has 0 aromatic heterocycles. The van der Waals surface area contributed by atoms with E-state index in [1.807, 2.05) is 0 Å². The van der Waals surface area contributed by atoms with Gasteiger partial charge in [0.25, 0.3) is 0 Å². The lowest BCUT2D eigenvalue weighted by Crippen LogP contribution is -2.61. The molecule has 0 radical (unpaired) electrons. The minimum absolute atomic E-state index is 0.0724. The standard InChI is InChI=1S/C26H30F3N3O2/c1-34-21-9-7-19(8-10-21)30-25(33)22-15-17-14-18(26(27,28)29)6-11-23(17)32-13-12-31(16-24(22)32)20-4-2-3-5-20/h6-11,14,20,22,24H,2-5,12-13,15-16H2,1H3,(H,30,33)/t22-,24+/m1/s1. The highest BCUT2D eigenvalue weighted by molar-refractivity contribution is 5.94. The number of alkyl halides is 3. The number of amides is 1. The first-order chi connectivity index (χ1) is 16.3. The van der Waals surface area contributed by atoms with E-state index in [0.717, 1.165) is 24.8 Å². The summed E-state index contributed by atoms with van der Waals surface area (Å²) in [4.78, 5) is 18.2. The van der Waals surface area contributed by atoms with E-state index in [0.29, 0.717) is 36.0 Å². The van der Waals surface area contributed by atoms with Crippen LogP contribution in [0, 0.1) is 5.92 Å². The third-order valence-corrected chi connectivity index (χ3v) is 7.61. The quantitative estimate of drug-likeness (QED) is 0.682. The number of nitrogens with one attached hydrogen (secondary N) is 1. The molecule has 34 heavy (non-hydrogen) atoms. The molecule has 0 unspecified atom stereocenters. The van der Waals surface area contributed by atoms with Gasteiger partial charge in [-0.05, 0) is 67.3 Å². The Bertz CT molecular complexity index is 1030. The Hall–Kier alpha value is -2.74. The largest absolute Gasteiger partial charge is 0.497 e. The third kappa shape index (κ3) is 4.48. The average Bonchev–Trinajstić information content (AvgIpc) is 3.38. The van der Waals surface area contributed by atoms with Crippen molar-refractivity contribution in [3.05, 3.63) is 53.6 Å². The predicted octanol–water partition coefficient (Wildman–Crippen LogP) is 4.96. The molecule has 5 nitrogen and oxygen atoms in total. The van der Waals surface area contributed by atoms with Crippen LogP contribution in [0.5, 0.6) is 5.75 Å². The zero-order valence-corrected chi connectivity index (χ0v) is 19.3. The Kier molecular flexibility index (Phi) is 6.18. The lowest BCUT2D eigenvalue weighted by Gasteiger charge is -2.50. The number of hydrogen-bond donors (Lipinski definition) is 1. The number of carbonyl (C=O) groups excluding carboxylic acids is 1. The van der Waals surface area contributed by atoms with Gasteiger partial charge in [0.15, 0.2) is 0 Å². The molecular formula is C26H30F3N3O2. The van der Waals surface area contributed by atoms with Crippen molar-refractivity contribution in [1.29, 1.82) is 0 Å². The Labute approximate surface area is 197 Å². The highest BCUT2D eigenvalue weighted by Crippen LogP contribution is 2.41. The van der Waals surface area contributed by atoms with E-state index < -0.39 is 17.7 Å². The summed E-state index contributed by atoms with van der Waals surface area (Å²) in [5.74, 6) is 0.0914. The highest BCUT2D eigenvalue weighted by atomic mass is 19.4. The number of hydrogen-bond acceptors (Lipinski definition) is 4. The molecule has 2 aliphatic heterocycles. The maximum atomic E-state index is 13.5. The van der Waals surface area contributed by atoms with Crippen LogP contribution in [0.3, 0.4) is 0 Å². The van der Waals surface area contributed by atoms with Crippen LogP contribution >= 0.6 is 0 Å². The van der Waals surface area contributed by atoms with Gasteiger partial charge in [-0.25, -0.2) is 0 Å².